The van der Waals surface area contributed by atoms with Crippen molar-refractivity contribution in [1.82, 2.24) is 9.55 Å². The Bertz CT molecular complexity index is 1080. The zero-order valence-electron chi connectivity index (χ0n) is 14.1. The van der Waals surface area contributed by atoms with Gasteiger partial charge in [-0.2, -0.15) is 0 Å². The molecule has 0 aliphatic rings. The summed E-state index contributed by atoms with van der Waals surface area (Å²) in [5.41, 5.74) is 2.56. The normalized spacial score (nSPS) is 11.3. The van der Waals surface area contributed by atoms with Gasteiger partial charge in [0.2, 0.25) is 5.95 Å². The predicted octanol–water partition coefficient (Wildman–Crippen LogP) is 6.39. The lowest BCUT2D eigenvalue weighted by molar-refractivity contribution is 0.893. The number of halogens is 1. The summed E-state index contributed by atoms with van der Waals surface area (Å²) in [4.78, 5) is 4.18. The fourth-order valence-corrected chi connectivity index (χ4v) is 2.83. The maximum absolute atomic E-state index is 5.99. The quantitative estimate of drug-likeness (QED) is 0.428. The van der Waals surface area contributed by atoms with Crippen LogP contribution in [0, 0.1) is 0 Å². The molecule has 0 saturated carbocycles. The van der Waals surface area contributed by atoms with Crippen LogP contribution < -0.4 is 5.32 Å². The SMILES string of the molecule is Cn1ccnc1N=Nc1ccc2ccccc2c1Nc1ccc(Cl)cc1. The third-order valence-electron chi connectivity index (χ3n) is 4.06. The molecule has 0 aliphatic heterocycles. The number of rotatable bonds is 4. The summed E-state index contributed by atoms with van der Waals surface area (Å²) in [5.74, 6) is 0.551. The Morgan fingerprint density at radius 2 is 1.77 bits per heavy atom. The standard InChI is InChI=1S/C20H16ClN5/c1-26-13-12-22-20(26)25-24-18-11-6-14-4-2-3-5-17(14)19(18)23-16-9-7-15(21)8-10-16/h2-13,23H,1H3. The molecule has 5 nitrogen and oxygen atoms in total. The molecule has 0 atom stereocenters. The Balaban J connectivity index is 1.80. The lowest BCUT2D eigenvalue weighted by Gasteiger charge is -2.12. The molecule has 1 N–H and O–H groups in total. The van der Waals surface area contributed by atoms with Crippen molar-refractivity contribution in [2.45, 2.75) is 0 Å². The molecule has 1 aromatic heterocycles. The van der Waals surface area contributed by atoms with Crippen LogP contribution in [-0.2, 0) is 7.05 Å². The number of imidazole rings is 1. The molecule has 0 amide bonds. The molecule has 0 radical (unpaired) electrons. The van der Waals surface area contributed by atoms with E-state index in [4.69, 9.17) is 11.6 Å². The van der Waals surface area contributed by atoms with Gasteiger partial charge in [-0.1, -0.05) is 41.9 Å². The van der Waals surface area contributed by atoms with E-state index in [1.807, 2.05) is 66.3 Å². The van der Waals surface area contributed by atoms with Crippen molar-refractivity contribution in [1.29, 1.82) is 0 Å². The van der Waals surface area contributed by atoms with Gasteiger partial charge in [-0.15, -0.1) is 10.2 Å². The summed E-state index contributed by atoms with van der Waals surface area (Å²) in [6, 6.07) is 19.7. The van der Waals surface area contributed by atoms with Crippen LogP contribution in [0.3, 0.4) is 0 Å². The van der Waals surface area contributed by atoms with Gasteiger partial charge in [-0.25, -0.2) is 4.98 Å². The van der Waals surface area contributed by atoms with Gasteiger partial charge >= 0.3 is 0 Å². The van der Waals surface area contributed by atoms with E-state index in [0.29, 0.717) is 11.0 Å². The number of hydrogen-bond acceptors (Lipinski definition) is 4. The van der Waals surface area contributed by atoms with Crippen LogP contribution in [0.1, 0.15) is 0 Å². The lowest BCUT2D eigenvalue weighted by Crippen LogP contribution is -1.92. The van der Waals surface area contributed by atoms with Crippen molar-refractivity contribution >= 4 is 45.4 Å². The molecule has 4 aromatic rings. The van der Waals surface area contributed by atoms with E-state index >= 15 is 0 Å². The number of benzene rings is 3. The Hall–Kier alpha value is -3.18. The molecule has 0 saturated heterocycles. The van der Waals surface area contributed by atoms with Crippen molar-refractivity contribution in [3.8, 4) is 0 Å². The molecule has 0 fully saturated rings. The fraction of sp³-hybridized carbons (Fsp3) is 0.0500. The predicted molar refractivity (Wildman–Crippen MR) is 106 cm³/mol. The highest BCUT2D eigenvalue weighted by Crippen LogP contribution is 2.36. The zero-order chi connectivity index (χ0) is 17.9. The van der Waals surface area contributed by atoms with Gasteiger partial charge in [0, 0.05) is 35.5 Å². The van der Waals surface area contributed by atoms with Crippen molar-refractivity contribution in [2.75, 3.05) is 5.32 Å². The van der Waals surface area contributed by atoms with Crippen molar-refractivity contribution < 1.29 is 0 Å². The Morgan fingerprint density at radius 1 is 0.962 bits per heavy atom. The average Bonchev–Trinajstić information content (AvgIpc) is 3.08. The summed E-state index contributed by atoms with van der Waals surface area (Å²) in [6.45, 7) is 0. The van der Waals surface area contributed by atoms with Crippen LogP contribution in [-0.4, -0.2) is 9.55 Å². The van der Waals surface area contributed by atoms with Crippen molar-refractivity contribution in [3.05, 3.63) is 78.1 Å². The van der Waals surface area contributed by atoms with Crippen LogP contribution >= 0.6 is 11.6 Å². The number of aryl methyl sites for hydroxylation is 1. The van der Waals surface area contributed by atoms with Crippen molar-refractivity contribution in [3.63, 3.8) is 0 Å². The van der Waals surface area contributed by atoms with Gasteiger partial charge < -0.3 is 9.88 Å². The van der Waals surface area contributed by atoms with E-state index in [1.54, 1.807) is 6.20 Å². The molecule has 1 heterocycles. The summed E-state index contributed by atoms with van der Waals surface area (Å²) < 4.78 is 1.82. The minimum atomic E-state index is 0.551. The molecule has 3 aromatic carbocycles. The highest BCUT2D eigenvalue weighted by molar-refractivity contribution is 6.30. The lowest BCUT2D eigenvalue weighted by atomic mass is 10.1. The first-order valence-electron chi connectivity index (χ1n) is 8.14. The maximum atomic E-state index is 5.99. The van der Waals surface area contributed by atoms with Gasteiger partial charge in [0.1, 0.15) is 5.69 Å². The molecule has 0 unspecified atom stereocenters. The molecule has 0 bridgehead atoms. The maximum Gasteiger partial charge on any atom is 0.249 e. The molecule has 26 heavy (non-hydrogen) atoms. The summed E-state index contributed by atoms with van der Waals surface area (Å²) in [7, 11) is 1.88. The Morgan fingerprint density at radius 3 is 2.54 bits per heavy atom. The van der Waals surface area contributed by atoms with Gasteiger partial charge in [-0.3, -0.25) is 0 Å². The van der Waals surface area contributed by atoms with E-state index in [-0.39, 0.29) is 0 Å². The second-order valence-corrected chi connectivity index (χ2v) is 6.29. The van der Waals surface area contributed by atoms with Crippen molar-refractivity contribution in [2.24, 2.45) is 17.3 Å². The van der Waals surface area contributed by atoms with Crippen LogP contribution in [0.25, 0.3) is 10.8 Å². The second kappa shape index (κ2) is 6.98. The van der Waals surface area contributed by atoms with Gasteiger partial charge in [0.25, 0.3) is 0 Å². The van der Waals surface area contributed by atoms with E-state index < -0.39 is 0 Å². The first kappa shape index (κ1) is 16.3. The molecule has 0 aliphatic carbocycles. The van der Waals surface area contributed by atoms with Crippen LogP contribution in [0.4, 0.5) is 23.0 Å². The highest BCUT2D eigenvalue weighted by Gasteiger charge is 2.08. The van der Waals surface area contributed by atoms with E-state index in [2.05, 4.69) is 32.7 Å². The molecule has 6 heteroatoms. The average molecular weight is 362 g/mol. The van der Waals surface area contributed by atoms with Gasteiger partial charge in [0.05, 0.1) is 5.69 Å². The smallest absolute Gasteiger partial charge is 0.249 e. The first-order valence-corrected chi connectivity index (χ1v) is 8.52. The second-order valence-electron chi connectivity index (χ2n) is 5.85. The van der Waals surface area contributed by atoms with Crippen LogP contribution in [0.15, 0.2) is 83.3 Å². The minimum Gasteiger partial charge on any atom is -0.353 e. The topological polar surface area (TPSA) is 54.6 Å². The summed E-state index contributed by atoms with van der Waals surface area (Å²) in [6.07, 6.45) is 3.53. The third-order valence-corrected chi connectivity index (χ3v) is 4.32. The fourth-order valence-electron chi connectivity index (χ4n) is 2.70. The number of hydrogen-bond donors (Lipinski definition) is 1. The minimum absolute atomic E-state index is 0.551. The van der Waals surface area contributed by atoms with Crippen LogP contribution in [0.5, 0.6) is 0 Å². The first-order chi connectivity index (χ1) is 12.7. The molecule has 0 spiro atoms. The summed E-state index contributed by atoms with van der Waals surface area (Å²) in [5, 5.41) is 15.0. The monoisotopic (exact) mass is 361 g/mol. The van der Waals surface area contributed by atoms with E-state index in [1.165, 1.54) is 0 Å². The summed E-state index contributed by atoms with van der Waals surface area (Å²) >= 11 is 5.99. The van der Waals surface area contributed by atoms with E-state index in [0.717, 1.165) is 27.8 Å². The molecular formula is C20H16ClN5. The molecule has 4 rings (SSSR count). The number of nitrogens with one attached hydrogen (secondary N) is 1. The number of aromatic nitrogens is 2. The number of azo groups is 1. The third kappa shape index (κ3) is 3.30. The number of fused-ring (bicyclic) bond motifs is 1. The Labute approximate surface area is 156 Å². The van der Waals surface area contributed by atoms with Gasteiger partial charge in [0.15, 0.2) is 0 Å². The van der Waals surface area contributed by atoms with Crippen LogP contribution in [0.2, 0.25) is 5.02 Å². The number of nitrogens with zero attached hydrogens (tertiary/aromatic N) is 4. The van der Waals surface area contributed by atoms with Gasteiger partial charge in [-0.05, 0) is 35.7 Å². The molecular weight excluding hydrogens is 346 g/mol. The van der Waals surface area contributed by atoms with E-state index in [9.17, 15) is 0 Å². The molecule has 128 valence electrons. The number of anilines is 2. The zero-order valence-corrected chi connectivity index (χ0v) is 14.9. The highest BCUT2D eigenvalue weighted by atomic mass is 35.5. The largest absolute Gasteiger partial charge is 0.353 e. The Kier molecular flexibility index (Phi) is 4.37.